The van der Waals surface area contributed by atoms with E-state index in [0.717, 1.165) is 34.8 Å². The molecule has 2 heterocycles. The fourth-order valence-corrected chi connectivity index (χ4v) is 3.47. The summed E-state index contributed by atoms with van der Waals surface area (Å²) >= 11 is 7.95. The Morgan fingerprint density at radius 2 is 2.21 bits per heavy atom. The highest BCUT2D eigenvalue weighted by Gasteiger charge is 2.20. The summed E-state index contributed by atoms with van der Waals surface area (Å²) in [5.41, 5.74) is 2.97. The molecule has 5 heteroatoms. The minimum atomic E-state index is -0.510. The highest BCUT2D eigenvalue weighted by molar-refractivity contribution is 7.10. The fourth-order valence-electron chi connectivity index (χ4n) is 2.21. The summed E-state index contributed by atoms with van der Waals surface area (Å²) in [7, 11) is 0. The molecule has 0 saturated carbocycles. The van der Waals surface area contributed by atoms with Gasteiger partial charge in [-0.05, 0) is 37.3 Å². The molecule has 1 N–H and O–H groups in total. The zero-order valence-corrected chi connectivity index (χ0v) is 13.1. The lowest BCUT2D eigenvalue weighted by molar-refractivity contribution is 0.178. The Morgan fingerprint density at radius 1 is 1.47 bits per heavy atom. The van der Waals surface area contributed by atoms with Crippen molar-refractivity contribution in [2.24, 2.45) is 0 Å². The van der Waals surface area contributed by atoms with Crippen LogP contribution in [0.5, 0.6) is 0 Å². The van der Waals surface area contributed by atoms with E-state index in [1.807, 2.05) is 36.9 Å². The molecule has 1 atom stereocenters. The summed E-state index contributed by atoms with van der Waals surface area (Å²) in [4.78, 5) is 1.01. The van der Waals surface area contributed by atoms with Crippen LogP contribution in [0.4, 0.5) is 0 Å². The first-order chi connectivity index (χ1) is 9.08. The van der Waals surface area contributed by atoms with Gasteiger partial charge in [0.2, 0.25) is 0 Å². The van der Waals surface area contributed by atoms with Gasteiger partial charge in [-0.3, -0.25) is 4.68 Å². The predicted molar refractivity (Wildman–Crippen MR) is 80.0 cm³/mol. The third kappa shape index (κ3) is 2.86. The van der Waals surface area contributed by atoms with E-state index in [9.17, 15) is 5.11 Å². The second kappa shape index (κ2) is 6.07. The van der Waals surface area contributed by atoms with Gasteiger partial charge in [-0.2, -0.15) is 5.10 Å². The lowest BCUT2D eigenvalue weighted by Crippen LogP contribution is -2.08. The molecular formula is C14H19ClN2OS. The van der Waals surface area contributed by atoms with Crippen molar-refractivity contribution in [3.63, 3.8) is 0 Å². The van der Waals surface area contributed by atoms with Crippen LogP contribution in [0.25, 0.3) is 0 Å². The number of nitrogens with zero attached hydrogens (tertiary/aromatic N) is 2. The molecule has 0 fully saturated rings. The first-order valence-corrected chi connectivity index (χ1v) is 7.80. The number of aliphatic hydroxyl groups excluding tert-OH is 1. The molecule has 0 amide bonds. The van der Waals surface area contributed by atoms with Gasteiger partial charge in [0.15, 0.2) is 0 Å². The molecule has 0 radical (unpaired) electrons. The third-order valence-electron chi connectivity index (χ3n) is 3.29. The van der Waals surface area contributed by atoms with Gasteiger partial charge in [-0.1, -0.05) is 18.5 Å². The average Bonchev–Trinajstić information content (AvgIpc) is 2.95. The molecule has 0 aromatic carbocycles. The van der Waals surface area contributed by atoms with E-state index in [4.69, 9.17) is 11.6 Å². The predicted octanol–water partition coefficient (Wildman–Crippen LogP) is 3.76. The molecular weight excluding hydrogens is 280 g/mol. The molecule has 3 nitrogen and oxygen atoms in total. The number of hydrogen-bond acceptors (Lipinski definition) is 3. The SMILES string of the molecule is CCc1nn(CC)c(CC(O)c2sccc2C)c1Cl. The van der Waals surface area contributed by atoms with Crippen molar-refractivity contribution in [3.05, 3.63) is 38.3 Å². The highest BCUT2D eigenvalue weighted by Crippen LogP contribution is 2.30. The highest BCUT2D eigenvalue weighted by atomic mass is 35.5. The monoisotopic (exact) mass is 298 g/mol. The zero-order chi connectivity index (χ0) is 14.0. The molecule has 0 saturated heterocycles. The van der Waals surface area contributed by atoms with Gasteiger partial charge in [0.05, 0.1) is 22.5 Å². The minimum absolute atomic E-state index is 0.510. The van der Waals surface area contributed by atoms with Crippen molar-refractivity contribution in [3.8, 4) is 0 Å². The first-order valence-electron chi connectivity index (χ1n) is 6.54. The number of aromatic nitrogens is 2. The van der Waals surface area contributed by atoms with Crippen molar-refractivity contribution in [1.82, 2.24) is 9.78 Å². The largest absolute Gasteiger partial charge is 0.387 e. The number of aryl methyl sites for hydroxylation is 3. The van der Waals surface area contributed by atoms with Gasteiger partial charge in [0, 0.05) is 17.8 Å². The summed E-state index contributed by atoms with van der Waals surface area (Å²) in [6, 6.07) is 2.03. The van der Waals surface area contributed by atoms with E-state index in [2.05, 4.69) is 5.10 Å². The van der Waals surface area contributed by atoms with Gasteiger partial charge in [0.25, 0.3) is 0 Å². The van der Waals surface area contributed by atoms with E-state index in [1.54, 1.807) is 11.3 Å². The Kier molecular flexibility index (Phi) is 4.66. The Morgan fingerprint density at radius 3 is 2.74 bits per heavy atom. The molecule has 2 aromatic heterocycles. The van der Waals surface area contributed by atoms with E-state index in [0.29, 0.717) is 11.4 Å². The number of rotatable bonds is 5. The quantitative estimate of drug-likeness (QED) is 0.912. The molecule has 2 rings (SSSR count). The summed E-state index contributed by atoms with van der Waals surface area (Å²) < 4.78 is 1.90. The fraction of sp³-hybridized carbons (Fsp3) is 0.500. The summed E-state index contributed by atoms with van der Waals surface area (Å²) in [6.45, 7) is 6.86. The standard InChI is InChI=1S/C14H19ClN2OS/c1-4-10-13(15)11(17(5-2)16-10)8-12(18)14-9(3)6-7-19-14/h6-7,12,18H,4-5,8H2,1-3H3. The first kappa shape index (κ1) is 14.6. The van der Waals surface area contributed by atoms with Crippen LogP contribution < -0.4 is 0 Å². The van der Waals surface area contributed by atoms with Crippen LogP contribution in [0.3, 0.4) is 0 Å². The summed E-state index contributed by atoms with van der Waals surface area (Å²) in [5.74, 6) is 0. The zero-order valence-electron chi connectivity index (χ0n) is 11.5. The normalized spacial score (nSPS) is 12.9. The maximum atomic E-state index is 10.4. The molecule has 0 aliphatic rings. The topological polar surface area (TPSA) is 38.0 Å². The van der Waals surface area contributed by atoms with Gasteiger partial charge >= 0.3 is 0 Å². The van der Waals surface area contributed by atoms with Gasteiger partial charge in [0.1, 0.15) is 0 Å². The van der Waals surface area contributed by atoms with Crippen molar-refractivity contribution in [2.75, 3.05) is 0 Å². The van der Waals surface area contributed by atoms with Crippen LogP contribution in [0.2, 0.25) is 5.02 Å². The minimum Gasteiger partial charge on any atom is -0.387 e. The van der Waals surface area contributed by atoms with Crippen molar-refractivity contribution >= 4 is 22.9 Å². The Balaban J connectivity index is 2.28. The molecule has 2 aromatic rings. The third-order valence-corrected chi connectivity index (χ3v) is 4.84. The van der Waals surface area contributed by atoms with Gasteiger partial charge in [-0.25, -0.2) is 0 Å². The van der Waals surface area contributed by atoms with Crippen molar-refractivity contribution < 1.29 is 5.11 Å². The second-order valence-electron chi connectivity index (χ2n) is 4.56. The molecule has 104 valence electrons. The lowest BCUT2D eigenvalue weighted by Gasteiger charge is -2.11. The number of thiophene rings is 1. The van der Waals surface area contributed by atoms with Crippen LogP contribution in [-0.2, 0) is 19.4 Å². The van der Waals surface area contributed by atoms with Crippen molar-refractivity contribution in [1.29, 1.82) is 0 Å². The maximum absolute atomic E-state index is 10.4. The molecule has 19 heavy (non-hydrogen) atoms. The average molecular weight is 299 g/mol. The van der Waals surface area contributed by atoms with E-state index >= 15 is 0 Å². The smallest absolute Gasteiger partial charge is 0.0940 e. The Hall–Kier alpha value is -0.840. The summed E-state index contributed by atoms with van der Waals surface area (Å²) in [5, 5.41) is 17.6. The number of halogens is 1. The molecule has 0 spiro atoms. The van der Waals surface area contributed by atoms with Crippen LogP contribution in [0.15, 0.2) is 11.4 Å². The Bertz CT molecular complexity index is 562. The number of hydrogen-bond donors (Lipinski definition) is 1. The van der Waals surface area contributed by atoms with Gasteiger partial charge < -0.3 is 5.11 Å². The molecule has 0 aliphatic carbocycles. The van der Waals surface area contributed by atoms with Crippen molar-refractivity contribution in [2.45, 2.75) is 46.3 Å². The Labute approximate surface area is 122 Å². The molecule has 0 aliphatic heterocycles. The van der Waals surface area contributed by atoms with Gasteiger partial charge in [-0.15, -0.1) is 11.3 Å². The van der Waals surface area contributed by atoms with Crippen LogP contribution in [-0.4, -0.2) is 14.9 Å². The van der Waals surface area contributed by atoms with Crippen LogP contribution >= 0.6 is 22.9 Å². The molecule has 1 unspecified atom stereocenters. The van der Waals surface area contributed by atoms with E-state index in [1.165, 1.54) is 0 Å². The number of aliphatic hydroxyl groups is 1. The second-order valence-corrected chi connectivity index (χ2v) is 5.89. The lowest BCUT2D eigenvalue weighted by atomic mass is 10.1. The maximum Gasteiger partial charge on any atom is 0.0940 e. The molecule has 0 bridgehead atoms. The van der Waals surface area contributed by atoms with Crippen LogP contribution in [0, 0.1) is 6.92 Å². The summed E-state index contributed by atoms with van der Waals surface area (Å²) in [6.07, 6.45) is 0.817. The van der Waals surface area contributed by atoms with E-state index < -0.39 is 6.10 Å². The van der Waals surface area contributed by atoms with Crippen LogP contribution in [0.1, 0.15) is 41.8 Å². The van der Waals surface area contributed by atoms with E-state index in [-0.39, 0.29) is 0 Å².